The van der Waals surface area contributed by atoms with Crippen LogP contribution in [0.25, 0.3) is 0 Å². The Morgan fingerprint density at radius 2 is 2.21 bits per heavy atom. The molecular weight excluding hydrogens is 234 g/mol. The van der Waals surface area contributed by atoms with Gasteiger partial charge in [-0.05, 0) is 63.2 Å². The Balaban J connectivity index is 1.71. The molecule has 2 saturated heterocycles. The minimum atomic E-state index is 0.445. The number of nitrogens with zero attached hydrogens (tertiary/aromatic N) is 2. The molecule has 0 bridgehead atoms. The standard InChI is InChI=1S/C16H25N3/c1-14(15-6-2-3-10-18-15)19-11-5-8-16(13-19)7-4-9-17-12-16/h2-3,6,10,14,17H,4-5,7-9,11-13H2,1H3. The molecule has 2 aliphatic heterocycles. The summed E-state index contributed by atoms with van der Waals surface area (Å²) in [5, 5.41) is 3.60. The fourth-order valence-corrected chi connectivity index (χ4v) is 3.77. The zero-order chi connectivity index (χ0) is 13.1. The van der Waals surface area contributed by atoms with E-state index in [-0.39, 0.29) is 0 Å². The maximum absolute atomic E-state index is 4.53. The fraction of sp³-hybridized carbons (Fsp3) is 0.688. The second kappa shape index (κ2) is 5.59. The van der Waals surface area contributed by atoms with Crippen molar-refractivity contribution in [3.8, 4) is 0 Å². The summed E-state index contributed by atoms with van der Waals surface area (Å²) >= 11 is 0. The van der Waals surface area contributed by atoms with E-state index < -0.39 is 0 Å². The van der Waals surface area contributed by atoms with Crippen LogP contribution >= 0.6 is 0 Å². The Morgan fingerprint density at radius 3 is 2.95 bits per heavy atom. The molecule has 104 valence electrons. The van der Waals surface area contributed by atoms with Crippen molar-refractivity contribution >= 4 is 0 Å². The van der Waals surface area contributed by atoms with E-state index in [1.54, 1.807) is 0 Å². The minimum absolute atomic E-state index is 0.445. The average molecular weight is 259 g/mol. The molecule has 2 fully saturated rings. The predicted molar refractivity (Wildman–Crippen MR) is 78.0 cm³/mol. The molecule has 3 heterocycles. The average Bonchev–Trinajstić information content (AvgIpc) is 2.48. The van der Waals surface area contributed by atoms with Crippen molar-refractivity contribution in [2.24, 2.45) is 5.41 Å². The molecule has 0 saturated carbocycles. The van der Waals surface area contributed by atoms with Crippen molar-refractivity contribution < 1.29 is 0 Å². The molecule has 3 heteroatoms. The molecule has 0 amide bonds. The van der Waals surface area contributed by atoms with Crippen molar-refractivity contribution in [2.75, 3.05) is 26.2 Å². The summed E-state index contributed by atoms with van der Waals surface area (Å²) in [6.07, 6.45) is 7.37. The van der Waals surface area contributed by atoms with Crippen LogP contribution in [0.3, 0.4) is 0 Å². The molecule has 2 aliphatic rings. The van der Waals surface area contributed by atoms with Crippen LogP contribution in [-0.2, 0) is 0 Å². The predicted octanol–water partition coefficient (Wildman–Crippen LogP) is 2.61. The van der Waals surface area contributed by atoms with Gasteiger partial charge in [-0.1, -0.05) is 6.07 Å². The summed E-state index contributed by atoms with van der Waals surface area (Å²) in [6.45, 7) is 7.17. The maximum atomic E-state index is 4.53. The summed E-state index contributed by atoms with van der Waals surface area (Å²) in [6, 6.07) is 6.70. The van der Waals surface area contributed by atoms with Crippen molar-refractivity contribution in [1.82, 2.24) is 15.2 Å². The van der Waals surface area contributed by atoms with E-state index in [1.165, 1.54) is 57.6 Å². The van der Waals surface area contributed by atoms with Gasteiger partial charge < -0.3 is 5.32 Å². The number of piperidine rings is 2. The third-order valence-electron chi connectivity index (χ3n) is 4.92. The Labute approximate surface area is 116 Å². The highest BCUT2D eigenvalue weighted by Gasteiger charge is 2.37. The van der Waals surface area contributed by atoms with Gasteiger partial charge in [0.1, 0.15) is 0 Å². The number of hydrogen-bond acceptors (Lipinski definition) is 3. The van der Waals surface area contributed by atoms with Crippen LogP contribution in [0.1, 0.15) is 44.3 Å². The highest BCUT2D eigenvalue weighted by Crippen LogP contribution is 2.38. The Kier molecular flexibility index (Phi) is 3.85. The Bertz CT molecular complexity index is 392. The van der Waals surface area contributed by atoms with E-state index in [0.29, 0.717) is 11.5 Å². The van der Waals surface area contributed by atoms with Gasteiger partial charge in [-0.2, -0.15) is 0 Å². The van der Waals surface area contributed by atoms with E-state index in [9.17, 15) is 0 Å². The number of rotatable bonds is 2. The summed E-state index contributed by atoms with van der Waals surface area (Å²) in [5.41, 5.74) is 1.74. The summed E-state index contributed by atoms with van der Waals surface area (Å²) in [5.74, 6) is 0. The first-order valence-corrected chi connectivity index (χ1v) is 7.65. The van der Waals surface area contributed by atoms with Gasteiger partial charge in [-0.3, -0.25) is 9.88 Å². The van der Waals surface area contributed by atoms with Gasteiger partial charge >= 0.3 is 0 Å². The van der Waals surface area contributed by atoms with Gasteiger partial charge in [0, 0.05) is 25.3 Å². The first-order chi connectivity index (χ1) is 9.29. The fourth-order valence-electron chi connectivity index (χ4n) is 3.77. The summed E-state index contributed by atoms with van der Waals surface area (Å²) < 4.78 is 0. The van der Waals surface area contributed by atoms with Gasteiger partial charge in [0.05, 0.1) is 5.69 Å². The molecule has 3 rings (SSSR count). The molecule has 1 spiro atoms. The normalized spacial score (nSPS) is 30.4. The van der Waals surface area contributed by atoms with Crippen LogP contribution in [0.15, 0.2) is 24.4 Å². The van der Waals surface area contributed by atoms with Crippen LogP contribution in [0, 0.1) is 5.41 Å². The molecule has 2 atom stereocenters. The van der Waals surface area contributed by atoms with Crippen LogP contribution < -0.4 is 5.32 Å². The third-order valence-corrected chi connectivity index (χ3v) is 4.92. The maximum Gasteiger partial charge on any atom is 0.0572 e. The van der Waals surface area contributed by atoms with Crippen LogP contribution in [0.5, 0.6) is 0 Å². The number of aromatic nitrogens is 1. The lowest BCUT2D eigenvalue weighted by atomic mass is 9.74. The molecule has 19 heavy (non-hydrogen) atoms. The monoisotopic (exact) mass is 259 g/mol. The SMILES string of the molecule is CC(c1ccccn1)N1CCCC2(CCCNC2)C1. The van der Waals surface area contributed by atoms with E-state index in [4.69, 9.17) is 0 Å². The molecule has 0 aliphatic carbocycles. The molecule has 0 radical (unpaired) electrons. The van der Waals surface area contributed by atoms with Gasteiger partial charge in [0.2, 0.25) is 0 Å². The number of nitrogens with one attached hydrogen (secondary N) is 1. The Morgan fingerprint density at radius 1 is 1.32 bits per heavy atom. The molecular formula is C16H25N3. The van der Waals surface area contributed by atoms with Crippen LogP contribution in [-0.4, -0.2) is 36.1 Å². The van der Waals surface area contributed by atoms with Crippen molar-refractivity contribution in [1.29, 1.82) is 0 Å². The lowest BCUT2D eigenvalue weighted by molar-refractivity contribution is 0.0405. The highest BCUT2D eigenvalue weighted by atomic mass is 15.2. The quantitative estimate of drug-likeness (QED) is 0.885. The van der Waals surface area contributed by atoms with E-state index in [0.717, 1.165) is 0 Å². The molecule has 3 nitrogen and oxygen atoms in total. The van der Waals surface area contributed by atoms with E-state index in [1.807, 2.05) is 12.3 Å². The number of likely N-dealkylation sites (tertiary alicyclic amines) is 1. The van der Waals surface area contributed by atoms with Crippen molar-refractivity contribution in [3.63, 3.8) is 0 Å². The first-order valence-electron chi connectivity index (χ1n) is 7.65. The second-order valence-corrected chi connectivity index (χ2v) is 6.28. The number of hydrogen-bond donors (Lipinski definition) is 1. The van der Waals surface area contributed by atoms with E-state index >= 15 is 0 Å². The van der Waals surface area contributed by atoms with Gasteiger partial charge in [-0.25, -0.2) is 0 Å². The van der Waals surface area contributed by atoms with Crippen LogP contribution in [0.4, 0.5) is 0 Å². The molecule has 1 aromatic heterocycles. The van der Waals surface area contributed by atoms with Gasteiger partial charge in [0.15, 0.2) is 0 Å². The zero-order valence-electron chi connectivity index (χ0n) is 11.9. The molecule has 1 N–H and O–H groups in total. The topological polar surface area (TPSA) is 28.2 Å². The second-order valence-electron chi connectivity index (χ2n) is 6.28. The minimum Gasteiger partial charge on any atom is -0.316 e. The Hall–Kier alpha value is -0.930. The largest absolute Gasteiger partial charge is 0.316 e. The molecule has 2 unspecified atom stereocenters. The van der Waals surface area contributed by atoms with Crippen molar-refractivity contribution in [3.05, 3.63) is 30.1 Å². The molecule has 0 aromatic carbocycles. The lowest BCUT2D eigenvalue weighted by Crippen LogP contribution is -2.51. The smallest absolute Gasteiger partial charge is 0.0572 e. The molecule has 1 aromatic rings. The van der Waals surface area contributed by atoms with Gasteiger partial charge in [-0.15, -0.1) is 0 Å². The highest BCUT2D eigenvalue weighted by molar-refractivity contribution is 5.09. The third kappa shape index (κ3) is 2.82. The zero-order valence-corrected chi connectivity index (χ0v) is 11.9. The summed E-state index contributed by atoms with van der Waals surface area (Å²) in [7, 11) is 0. The first kappa shape index (κ1) is 13.1. The lowest BCUT2D eigenvalue weighted by Gasteiger charge is -2.47. The van der Waals surface area contributed by atoms with Crippen LogP contribution in [0.2, 0.25) is 0 Å². The summed E-state index contributed by atoms with van der Waals surface area (Å²) in [4.78, 5) is 7.17. The van der Waals surface area contributed by atoms with Crippen molar-refractivity contribution in [2.45, 2.75) is 38.6 Å². The van der Waals surface area contributed by atoms with Gasteiger partial charge in [0.25, 0.3) is 0 Å². The van der Waals surface area contributed by atoms with E-state index in [2.05, 4.69) is 34.3 Å². The number of pyridine rings is 1.